The molecular formula is C15H16N4O2S. The molecule has 1 aliphatic heterocycles. The van der Waals surface area contributed by atoms with Crippen LogP contribution in [0.5, 0.6) is 0 Å². The summed E-state index contributed by atoms with van der Waals surface area (Å²) in [6.45, 7) is 3.79. The van der Waals surface area contributed by atoms with Gasteiger partial charge in [0.2, 0.25) is 9.84 Å². The predicted octanol–water partition coefficient (Wildman–Crippen LogP) is 2.21. The molecule has 1 aromatic heterocycles. The summed E-state index contributed by atoms with van der Waals surface area (Å²) in [5.41, 5.74) is 2.39. The molecule has 22 heavy (non-hydrogen) atoms. The number of rotatable bonds is 4. The van der Waals surface area contributed by atoms with Gasteiger partial charge in [0, 0.05) is 18.0 Å². The standard InChI is InChI=1S/C15H16N4O2S/c1-10-3-5-12(6-4-10)22(20,21)15-13(7-8-16-15)17-14-9-11(2)18-19-14/h3-9,15H,1-2H3,(H2,17,18,19). The molecule has 0 spiro atoms. The lowest BCUT2D eigenvalue weighted by Gasteiger charge is -2.15. The molecule has 114 valence electrons. The fraction of sp³-hybridized carbons (Fsp3) is 0.200. The van der Waals surface area contributed by atoms with Gasteiger partial charge >= 0.3 is 0 Å². The second kappa shape index (κ2) is 5.42. The van der Waals surface area contributed by atoms with Crippen LogP contribution in [0.3, 0.4) is 0 Å². The second-order valence-corrected chi connectivity index (χ2v) is 7.20. The van der Waals surface area contributed by atoms with Crippen molar-refractivity contribution < 1.29 is 8.42 Å². The summed E-state index contributed by atoms with van der Waals surface area (Å²) in [6, 6.07) is 8.57. The van der Waals surface area contributed by atoms with E-state index in [0.717, 1.165) is 11.3 Å². The van der Waals surface area contributed by atoms with E-state index in [9.17, 15) is 8.42 Å². The lowest BCUT2D eigenvalue weighted by atomic mass is 10.2. The molecule has 0 saturated heterocycles. The van der Waals surface area contributed by atoms with Crippen LogP contribution in [0.2, 0.25) is 0 Å². The van der Waals surface area contributed by atoms with E-state index in [1.165, 1.54) is 6.21 Å². The number of H-pyrrole nitrogens is 1. The first-order valence-corrected chi connectivity index (χ1v) is 8.34. The van der Waals surface area contributed by atoms with Crippen molar-refractivity contribution in [3.63, 3.8) is 0 Å². The van der Waals surface area contributed by atoms with Crippen LogP contribution in [-0.4, -0.2) is 30.2 Å². The third kappa shape index (κ3) is 2.67. The number of aromatic amines is 1. The molecule has 2 N–H and O–H groups in total. The minimum absolute atomic E-state index is 0.257. The van der Waals surface area contributed by atoms with E-state index in [4.69, 9.17) is 0 Å². The molecule has 1 atom stereocenters. The van der Waals surface area contributed by atoms with E-state index in [-0.39, 0.29) is 4.90 Å². The van der Waals surface area contributed by atoms with E-state index in [1.807, 2.05) is 13.8 Å². The third-order valence-electron chi connectivity index (χ3n) is 3.36. The topological polar surface area (TPSA) is 87.2 Å². The maximum Gasteiger partial charge on any atom is 0.207 e. The molecule has 0 radical (unpaired) electrons. The molecule has 0 saturated carbocycles. The highest BCUT2D eigenvalue weighted by Gasteiger charge is 2.32. The van der Waals surface area contributed by atoms with Crippen LogP contribution in [0.4, 0.5) is 5.82 Å². The van der Waals surface area contributed by atoms with Crippen molar-refractivity contribution in [1.29, 1.82) is 0 Å². The average Bonchev–Trinajstić information content (AvgIpc) is 3.09. The SMILES string of the molecule is Cc1ccc(S(=O)(=O)C2N=CC=C2Nc2cc(C)[nH]n2)cc1. The van der Waals surface area contributed by atoms with Gasteiger partial charge < -0.3 is 5.32 Å². The van der Waals surface area contributed by atoms with Crippen LogP contribution in [0.25, 0.3) is 0 Å². The molecule has 0 amide bonds. The first kappa shape index (κ1) is 14.5. The summed E-state index contributed by atoms with van der Waals surface area (Å²) in [7, 11) is -3.58. The van der Waals surface area contributed by atoms with Crippen molar-refractivity contribution in [2.45, 2.75) is 24.1 Å². The number of benzene rings is 1. The summed E-state index contributed by atoms with van der Waals surface area (Å²) in [5, 5.41) is 8.90. The number of aryl methyl sites for hydroxylation is 2. The Morgan fingerprint density at radius 2 is 1.91 bits per heavy atom. The van der Waals surface area contributed by atoms with Gasteiger partial charge in [0.1, 0.15) is 0 Å². The summed E-state index contributed by atoms with van der Waals surface area (Å²) < 4.78 is 25.5. The lowest BCUT2D eigenvalue weighted by Crippen LogP contribution is -2.23. The molecule has 2 aromatic rings. The Morgan fingerprint density at radius 3 is 2.55 bits per heavy atom. The maximum absolute atomic E-state index is 12.7. The number of hydrogen-bond donors (Lipinski definition) is 2. The molecule has 3 rings (SSSR count). The first-order chi connectivity index (χ1) is 10.5. The number of hydrogen-bond acceptors (Lipinski definition) is 5. The van der Waals surface area contributed by atoms with Gasteiger partial charge in [-0.3, -0.25) is 10.1 Å². The van der Waals surface area contributed by atoms with Crippen LogP contribution >= 0.6 is 0 Å². The Morgan fingerprint density at radius 1 is 1.18 bits per heavy atom. The quantitative estimate of drug-likeness (QED) is 0.905. The molecule has 0 bridgehead atoms. The van der Waals surface area contributed by atoms with Crippen LogP contribution in [0.15, 0.2) is 52.0 Å². The second-order valence-electron chi connectivity index (χ2n) is 5.19. The largest absolute Gasteiger partial charge is 0.339 e. The molecule has 1 aliphatic rings. The van der Waals surface area contributed by atoms with Crippen LogP contribution in [0, 0.1) is 13.8 Å². The Hall–Kier alpha value is -2.41. The zero-order chi connectivity index (χ0) is 15.7. The number of nitrogens with one attached hydrogen (secondary N) is 2. The Kier molecular flexibility index (Phi) is 3.58. The molecule has 0 aliphatic carbocycles. The van der Waals surface area contributed by atoms with Gasteiger partial charge in [0.25, 0.3) is 0 Å². The predicted molar refractivity (Wildman–Crippen MR) is 85.7 cm³/mol. The summed E-state index contributed by atoms with van der Waals surface area (Å²) in [6.07, 6.45) is 3.15. The lowest BCUT2D eigenvalue weighted by molar-refractivity contribution is 0.588. The number of nitrogens with zero attached hydrogens (tertiary/aromatic N) is 2. The van der Waals surface area contributed by atoms with Crippen LogP contribution in [0.1, 0.15) is 11.3 Å². The Labute approximate surface area is 128 Å². The van der Waals surface area contributed by atoms with E-state index in [2.05, 4.69) is 20.5 Å². The van der Waals surface area contributed by atoms with Gasteiger partial charge in [0.15, 0.2) is 11.2 Å². The van der Waals surface area contributed by atoms with Crippen molar-refractivity contribution in [3.8, 4) is 0 Å². The van der Waals surface area contributed by atoms with Gasteiger partial charge in [-0.25, -0.2) is 8.42 Å². The molecule has 1 unspecified atom stereocenters. The van der Waals surface area contributed by atoms with Crippen molar-refractivity contribution in [2.24, 2.45) is 4.99 Å². The summed E-state index contributed by atoms with van der Waals surface area (Å²) in [5.74, 6) is 0.568. The smallest absolute Gasteiger partial charge is 0.207 e. The Bertz CT molecular complexity index is 848. The zero-order valence-electron chi connectivity index (χ0n) is 12.2. The van der Waals surface area contributed by atoms with Gasteiger partial charge in [-0.2, -0.15) is 5.10 Å². The van der Waals surface area contributed by atoms with E-state index < -0.39 is 15.2 Å². The van der Waals surface area contributed by atoms with Crippen LogP contribution in [-0.2, 0) is 9.84 Å². The molecule has 0 fully saturated rings. The minimum atomic E-state index is -3.58. The molecular weight excluding hydrogens is 300 g/mol. The monoisotopic (exact) mass is 316 g/mol. The molecule has 2 heterocycles. The van der Waals surface area contributed by atoms with Crippen molar-refractivity contribution >= 4 is 21.9 Å². The number of allylic oxidation sites excluding steroid dienone is 1. The zero-order valence-corrected chi connectivity index (χ0v) is 13.1. The summed E-state index contributed by atoms with van der Waals surface area (Å²) in [4.78, 5) is 4.34. The van der Waals surface area contributed by atoms with Gasteiger partial charge in [-0.05, 0) is 32.1 Å². The molecule has 6 nitrogen and oxygen atoms in total. The summed E-state index contributed by atoms with van der Waals surface area (Å²) >= 11 is 0. The first-order valence-electron chi connectivity index (χ1n) is 6.80. The highest BCUT2D eigenvalue weighted by atomic mass is 32.2. The Balaban J connectivity index is 1.88. The number of anilines is 1. The van der Waals surface area contributed by atoms with Crippen LogP contribution < -0.4 is 5.32 Å². The fourth-order valence-corrected chi connectivity index (χ4v) is 3.68. The minimum Gasteiger partial charge on any atom is -0.339 e. The number of aromatic nitrogens is 2. The van der Waals surface area contributed by atoms with E-state index >= 15 is 0 Å². The highest BCUT2D eigenvalue weighted by molar-refractivity contribution is 7.92. The average molecular weight is 316 g/mol. The molecule has 7 heteroatoms. The van der Waals surface area contributed by atoms with Crippen molar-refractivity contribution in [3.05, 3.63) is 53.4 Å². The van der Waals surface area contributed by atoms with Gasteiger partial charge in [-0.1, -0.05) is 17.7 Å². The van der Waals surface area contributed by atoms with Crippen molar-refractivity contribution in [1.82, 2.24) is 10.2 Å². The van der Waals surface area contributed by atoms with Gasteiger partial charge in [0.05, 0.1) is 10.6 Å². The van der Waals surface area contributed by atoms with Crippen molar-refractivity contribution in [2.75, 3.05) is 5.32 Å². The maximum atomic E-state index is 12.7. The van der Waals surface area contributed by atoms with E-state index in [1.54, 1.807) is 36.4 Å². The van der Waals surface area contributed by atoms with E-state index in [0.29, 0.717) is 11.5 Å². The van der Waals surface area contributed by atoms with Gasteiger partial charge in [-0.15, -0.1) is 0 Å². The third-order valence-corrected chi connectivity index (χ3v) is 5.26. The number of sulfone groups is 1. The number of aliphatic imine (C=N–C) groups is 1. The molecule has 1 aromatic carbocycles. The highest BCUT2D eigenvalue weighted by Crippen LogP contribution is 2.26. The fourth-order valence-electron chi connectivity index (χ4n) is 2.20. The normalized spacial score (nSPS) is 17.5.